The first kappa shape index (κ1) is 14.7. The molecule has 20 heavy (non-hydrogen) atoms. The lowest BCUT2D eigenvalue weighted by molar-refractivity contribution is 0.550. The SMILES string of the molecule is Cc1ccc(F)c(S(=O)(=O)NCCCn2ccnc2)c1. The summed E-state index contributed by atoms with van der Waals surface area (Å²) in [7, 11) is -3.80. The van der Waals surface area contributed by atoms with Crippen LogP contribution >= 0.6 is 0 Å². The van der Waals surface area contributed by atoms with E-state index < -0.39 is 15.8 Å². The number of hydrogen-bond acceptors (Lipinski definition) is 3. The summed E-state index contributed by atoms with van der Waals surface area (Å²) in [5.41, 5.74) is 0.699. The van der Waals surface area contributed by atoms with Crippen LogP contribution in [0.1, 0.15) is 12.0 Å². The van der Waals surface area contributed by atoms with Crippen molar-refractivity contribution in [2.75, 3.05) is 6.54 Å². The number of aryl methyl sites for hydroxylation is 2. The molecule has 0 amide bonds. The third kappa shape index (κ3) is 3.64. The summed E-state index contributed by atoms with van der Waals surface area (Å²) in [5.74, 6) is -0.738. The van der Waals surface area contributed by atoms with Crippen molar-refractivity contribution in [3.05, 3.63) is 48.3 Å². The molecule has 2 aromatic rings. The normalized spacial score (nSPS) is 11.7. The second kappa shape index (κ2) is 6.15. The lowest BCUT2D eigenvalue weighted by Crippen LogP contribution is -2.26. The highest BCUT2D eigenvalue weighted by Gasteiger charge is 2.18. The number of sulfonamides is 1. The van der Waals surface area contributed by atoms with Crippen LogP contribution in [0, 0.1) is 12.7 Å². The van der Waals surface area contributed by atoms with E-state index in [-0.39, 0.29) is 11.4 Å². The van der Waals surface area contributed by atoms with E-state index in [2.05, 4.69) is 9.71 Å². The fourth-order valence-electron chi connectivity index (χ4n) is 1.78. The fraction of sp³-hybridized carbons (Fsp3) is 0.308. The number of benzene rings is 1. The van der Waals surface area contributed by atoms with Gasteiger partial charge in [-0.25, -0.2) is 22.5 Å². The van der Waals surface area contributed by atoms with Gasteiger partial charge in [0.05, 0.1) is 6.33 Å². The van der Waals surface area contributed by atoms with Crippen molar-refractivity contribution >= 4 is 10.0 Å². The largest absolute Gasteiger partial charge is 0.337 e. The van der Waals surface area contributed by atoms with Crippen molar-refractivity contribution in [2.45, 2.75) is 24.8 Å². The molecule has 1 aromatic heterocycles. The third-order valence-corrected chi connectivity index (χ3v) is 4.30. The Hall–Kier alpha value is -1.73. The smallest absolute Gasteiger partial charge is 0.243 e. The van der Waals surface area contributed by atoms with Crippen LogP contribution in [-0.2, 0) is 16.6 Å². The zero-order chi connectivity index (χ0) is 14.6. The van der Waals surface area contributed by atoms with Crippen molar-refractivity contribution in [1.82, 2.24) is 14.3 Å². The van der Waals surface area contributed by atoms with E-state index in [4.69, 9.17) is 0 Å². The zero-order valence-corrected chi connectivity index (χ0v) is 11.9. The van der Waals surface area contributed by atoms with Crippen LogP contribution in [-0.4, -0.2) is 24.5 Å². The molecule has 2 rings (SSSR count). The lowest BCUT2D eigenvalue weighted by atomic mass is 10.2. The number of halogens is 1. The lowest BCUT2D eigenvalue weighted by Gasteiger charge is -2.08. The van der Waals surface area contributed by atoms with E-state index in [9.17, 15) is 12.8 Å². The molecule has 5 nitrogen and oxygen atoms in total. The van der Waals surface area contributed by atoms with Crippen molar-refractivity contribution in [3.8, 4) is 0 Å². The van der Waals surface area contributed by atoms with E-state index >= 15 is 0 Å². The predicted molar refractivity (Wildman–Crippen MR) is 73.2 cm³/mol. The minimum absolute atomic E-state index is 0.244. The third-order valence-electron chi connectivity index (χ3n) is 2.82. The Morgan fingerprint density at radius 3 is 2.90 bits per heavy atom. The highest BCUT2D eigenvalue weighted by Crippen LogP contribution is 2.15. The van der Waals surface area contributed by atoms with Crippen LogP contribution in [0.2, 0.25) is 0 Å². The van der Waals surface area contributed by atoms with Crippen LogP contribution in [0.25, 0.3) is 0 Å². The van der Waals surface area contributed by atoms with E-state index in [1.54, 1.807) is 25.6 Å². The van der Waals surface area contributed by atoms with Gasteiger partial charge in [0.25, 0.3) is 0 Å². The summed E-state index contributed by atoms with van der Waals surface area (Å²) >= 11 is 0. The van der Waals surface area contributed by atoms with E-state index in [0.29, 0.717) is 18.5 Å². The molecule has 0 atom stereocenters. The fourth-order valence-corrected chi connectivity index (χ4v) is 3.02. The average Bonchev–Trinajstić information content (AvgIpc) is 2.90. The molecule has 0 fully saturated rings. The van der Waals surface area contributed by atoms with Crippen molar-refractivity contribution in [2.24, 2.45) is 0 Å². The maximum Gasteiger partial charge on any atom is 0.243 e. The minimum atomic E-state index is -3.80. The molecule has 0 bridgehead atoms. The molecule has 0 unspecified atom stereocenters. The van der Waals surface area contributed by atoms with Gasteiger partial charge in [-0.15, -0.1) is 0 Å². The van der Waals surface area contributed by atoms with Crippen molar-refractivity contribution in [1.29, 1.82) is 0 Å². The van der Waals surface area contributed by atoms with Gasteiger partial charge in [-0.1, -0.05) is 6.07 Å². The van der Waals surface area contributed by atoms with Gasteiger partial charge in [-0.05, 0) is 31.0 Å². The Kier molecular flexibility index (Phi) is 4.51. The highest BCUT2D eigenvalue weighted by atomic mass is 32.2. The quantitative estimate of drug-likeness (QED) is 0.825. The topological polar surface area (TPSA) is 64.0 Å². The summed E-state index contributed by atoms with van der Waals surface area (Å²) in [6.45, 7) is 2.62. The first-order valence-electron chi connectivity index (χ1n) is 6.20. The van der Waals surface area contributed by atoms with Gasteiger partial charge < -0.3 is 4.57 Å². The number of rotatable bonds is 6. The maximum atomic E-state index is 13.6. The van der Waals surface area contributed by atoms with Crippen LogP contribution in [0.5, 0.6) is 0 Å². The van der Waals surface area contributed by atoms with E-state index in [1.807, 2.05) is 4.57 Å². The Labute approximate surface area is 117 Å². The van der Waals surface area contributed by atoms with Gasteiger partial charge in [0.1, 0.15) is 10.7 Å². The molecule has 1 N–H and O–H groups in total. The average molecular weight is 297 g/mol. The minimum Gasteiger partial charge on any atom is -0.337 e. The van der Waals surface area contributed by atoms with Crippen molar-refractivity contribution < 1.29 is 12.8 Å². The Balaban J connectivity index is 1.95. The van der Waals surface area contributed by atoms with Gasteiger partial charge in [0.15, 0.2) is 0 Å². The Bertz CT molecular complexity index is 669. The molecule has 0 radical (unpaired) electrons. The maximum absolute atomic E-state index is 13.6. The predicted octanol–water partition coefficient (Wildman–Crippen LogP) is 1.70. The highest BCUT2D eigenvalue weighted by molar-refractivity contribution is 7.89. The monoisotopic (exact) mass is 297 g/mol. The molecular formula is C13H16FN3O2S. The van der Waals surface area contributed by atoms with Gasteiger partial charge in [0, 0.05) is 25.5 Å². The summed E-state index contributed by atoms with van der Waals surface area (Å²) in [6.07, 6.45) is 5.72. The summed E-state index contributed by atoms with van der Waals surface area (Å²) in [5, 5.41) is 0. The van der Waals surface area contributed by atoms with E-state index in [0.717, 1.165) is 6.07 Å². The second-order valence-corrected chi connectivity index (χ2v) is 6.22. The van der Waals surface area contributed by atoms with E-state index in [1.165, 1.54) is 12.1 Å². The summed E-state index contributed by atoms with van der Waals surface area (Å²) in [6, 6.07) is 4.02. The molecular weight excluding hydrogens is 281 g/mol. The first-order chi connectivity index (χ1) is 9.49. The Morgan fingerprint density at radius 2 is 2.20 bits per heavy atom. The molecule has 1 heterocycles. The number of nitrogens with one attached hydrogen (secondary N) is 1. The molecule has 7 heteroatoms. The van der Waals surface area contributed by atoms with Gasteiger partial charge >= 0.3 is 0 Å². The van der Waals surface area contributed by atoms with Crippen LogP contribution < -0.4 is 4.72 Å². The van der Waals surface area contributed by atoms with Gasteiger partial charge in [-0.2, -0.15) is 0 Å². The molecule has 1 aromatic carbocycles. The zero-order valence-electron chi connectivity index (χ0n) is 11.1. The summed E-state index contributed by atoms with van der Waals surface area (Å²) < 4.78 is 41.8. The molecule has 0 saturated carbocycles. The van der Waals surface area contributed by atoms with Crippen LogP contribution in [0.15, 0.2) is 41.8 Å². The summed E-state index contributed by atoms with van der Waals surface area (Å²) in [4.78, 5) is 3.59. The number of imidazole rings is 1. The van der Waals surface area contributed by atoms with Gasteiger partial charge in [0.2, 0.25) is 10.0 Å². The molecule has 0 aliphatic heterocycles. The van der Waals surface area contributed by atoms with Gasteiger partial charge in [-0.3, -0.25) is 0 Å². The first-order valence-corrected chi connectivity index (χ1v) is 7.69. The molecule has 0 saturated heterocycles. The number of nitrogens with zero attached hydrogens (tertiary/aromatic N) is 2. The molecule has 108 valence electrons. The second-order valence-electron chi connectivity index (χ2n) is 4.49. The Morgan fingerprint density at radius 1 is 1.40 bits per heavy atom. The molecule has 0 aliphatic carbocycles. The molecule has 0 spiro atoms. The standard InChI is InChI=1S/C13H16FN3O2S/c1-11-3-4-12(14)13(9-11)20(18,19)16-5-2-7-17-8-6-15-10-17/h3-4,6,8-10,16H,2,5,7H2,1H3. The number of aromatic nitrogens is 2. The number of hydrogen-bond donors (Lipinski definition) is 1. The van der Waals surface area contributed by atoms with Crippen LogP contribution in [0.3, 0.4) is 0 Å². The van der Waals surface area contributed by atoms with Crippen molar-refractivity contribution in [3.63, 3.8) is 0 Å². The van der Waals surface area contributed by atoms with Crippen LogP contribution in [0.4, 0.5) is 4.39 Å². The molecule has 0 aliphatic rings.